The van der Waals surface area contributed by atoms with Crippen molar-refractivity contribution in [3.63, 3.8) is 0 Å². The Labute approximate surface area is 81.9 Å². The summed E-state index contributed by atoms with van der Waals surface area (Å²) < 4.78 is 1.83. The van der Waals surface area contributed by atoms with Crippen LogP contribution in [0.4, 0.5) is 5.69 Å². The van der Waals surface area contributed by atoms with Crippen LogP contribution in [0.3, 0.4) is 0 Å². The molecule has 2 N–H and O–H groups in total. The van der Waals surface area contributed by atoms with Crippen LogP contribution in [0.5, 0.6) is 0 Å². The lowest BCUT2D eigenvalue weighted by Gasteiger charge is -2.19. The molecule has 0 saturated heterocycles. The predicted molar refractivity (Wildman–Crippen MR) is 54.7 cm³/mol. The first-order valence-corrected chi connectivity index (χ1v) is 4.45. The van der Waals surface area contributed by atoms with Gasteiger partial charge in [0, 0.05) is 0 Å². The van der Waals surface area contributed by atoms with Crippen LogP contribution >= 0.6 is 0 Å². The topological polar surface area (TPSA) is 69.6 Å². The lowest BCUT2D eigenvalue weighted by atomic mass is 10.1. The Bertz CT molecular complexity index is 465. The molecular formula is C9H13N5. The molecule has 5 heteroatoms. The van der Waals surface area contributed by atoms with E-state index in [-0.39, 0.29) is 5.54 Å². The van der Waals surface area contributed by atoms with Crippen LogP contribution in [0.2, 0.25) is 0 Å². The van der Waals surface area contributed by atoms with Gasteiger partial charge >= 0.3 is 0 Å². The first-order valence-electron chi connectivity index (χ1n) is 4.45. The normalized spacial score (nSPS) is 12.2. The van der Waals surface area contributed by atoms with Crippen LogP contribution in [-0.2, 0) is 5.54 Å². The summed E-state index contributed by atoms with van der Waals surface area (Å²) in [7, 11) is 0. The molecule has 14 heavy (non-hydrogen) atoms. The van der Waals surface area contributed by atoms with Crippen molar-refractivity contribution in [2.24, 2.45) is 0 Å². The molecule has 5 nitrogen and oxygen atoms in total. The van der Waals surface area contributed by atoms with E-state index in [1.807, 2.05) is 4.68 Å². The summed E-state index contributed by atoms with van der Waals surface area (Å²) in [6.45, 7) is 6.18. The number of hydrogen-bond donors (Lipinski definition) is 1. The number of aromatic nitrogens is 4. The van der Waals surface area contributed by atoms with E-state index in [1.54, 1.807) is 6.20 Å². The van der Waals surface area contributed by atoms with Crippen LogP contribution in [-0.4, -0.2) is 20.0 Å². The van der Waals surface area contributed by atoms with Crippen LogP contribution in [0.25, 0.3) is 11.0 Å². The van der Waals surface area contributed by atoms with E-state index in [1.165, 1.54) is 6.20 Å². The van der Waals surface area contributed by atoms with E-state index in [9.17, 15) is 0 Å². The number of hydrogen-bond acceptors (Lipinski definition) is 4. The summed E-state index contributed by atoms with van der Waals surface area (Å²) in [5, 5.41) is 13.0. The molecule has 0 atom stereocenters. The van der Waals surface area contributed by atoms with Crippen LogP contribution in [0.1, 0.15) is 20.8 Å². The van der Waals surface area contributed by atoms with Crippen molar-refractivity contribution in [1.29, 1.82) is 0 Å². The fourth-order valence-electron chi connectivity index (χ4n) is 1.35. The maximum atomic E-state index is 5.76. The van der Waals surface area contributed by atoms with Crippen molar-refractivity contribution in [2.75, 3.05) is 5.73 Å². The summed E-state index contributed by atoms with van der Waals surface area (Å²) in [5.41, 5.74) is 7.00. The van der Waals surface area contributed by atoms with E-state index in [0.29, 0.717) is 5.69 Å². The summed E-state index contributed by atoms with van der Waals surface area (Å²) in [6.07, 6.45) is 3.27. The second kappa shape index (κ2) is 2.67. The van der Waals surface area contributed by atoms with Crippen molar-refractivity contribution in [2.45, 2.75) is 26.3 Å². The zero-order chi connectivity index (χ0) is 10.3. The Balaban J connectivity index is 2.76. The first-order chi connectivity index (χ1) is 6.50. The predicted octanol–water partition coefficient (Wildman–Crippen LogP) is 1.16. The van der Waals surface area contributed by atoms with E-state index in [4.69, 9.17) is 5.73 Å². The Morgan fingerprint density at radius 3 is 2.64 bits per heavy atom. The Morgan fingerprint density at radius 2 is 2.00 bits per heavy atom. The zero-order valence-corrected chi connectivity index (χ0v) is 8.52. The van der Waals surface area contributed by atoms with Gasteiger partial charge in [-0.3, -0.25) is 0 Å². The van der Waals surface area contributed by atoms with Gasteiger partial charge in [0.15, 0.2) is 5.65 Å². The quantitative estimate of drug-likeness (QED) is 0.678. The number of anilines is 1. The van der Waals surface area contributed by atoms with Crippen LogP contribution in [0, 0.1) is 0 Å². The minimum atomic E-state index is -0.107. The molecule has 2 rings (SSSR count). The molecule has 0 fully saturated rings. The minimum Gasteiger partial charge on any atom is -0.397 e. The second-order valence-corrected chi connectivity index (χ2v) is 4.26. The molecule has 0 unspecified atom stereocenters. The highest BCUT2D eigenvalue weighted by molar-refractivity contribution is 5.86. The molecule has 74 valence electrons. The summed E-state index contributed by atoms with van der Waals surface area (Å²) in [6, 6.07) is 0. The van der Waals surface area contributed by atoms with E-state index < -0.39 is 0 Å². The maximum absolute atomic E-state index is 5.76. The summed E-state index contributed by atoms with van der Waals surface area (Å²) in [5.74, 6) is 0. The molecule has 0 aliphatic heterocycles. The number of nitrogens with two attached hydrogens (primary N) is 1. The third-order valence-corrected chi connectivity index (χ3v) is 2.04. The largest absolute Gasteiger partial charge is 0.397 e. The molecule has 2 aromatic rings. The Morgan fingerprint density at radius 1 is 1.29 bits per heavy atom. The lowest BCUT2D eigenvalue weighted by molar-refractivity contribution is 0.365. The monoisotopic (exact) mass is 191 g/mol. The minimum absolute atomic E-state index is 0.107. The molecule has 2 aromatic heterocycles. The van der Waals surface area contributed by atoms with Gasteiger partial charge in [-0.25, -0.2) is 4.68 Å². The highest BCUT2D eigenvalue weighted by atomic mass is 15.4. The fourth-order valence-corrected chi connectivity index (χ4v) is 1.35. The van der Waals surface area contributed by atoms with Gasteiger partial charge < -0.3 is 5.73 Å². The maximum Gasteiger partial charge on any atom is 0.182 e. The van der Waals surface area contributed by atoms with Crippen molar-refractivity contribution < 1.29 is 0 Å². The number of nitrogens with zero attached hydrogens (tertiary/aromatic N) is 4. The van der Waals surface area contributed by atoms with Gasteiger partial charge in [-0.05, 0) is 20.8 Å². The average Bonchev–Trinajstić information content (AvgIpc) is 2.47. The molecule has 0 spiro atoms. The van der Waals surface area contributed by atoms with Gasteiger partial charge in [-0.2, -0.15) is 10.2 Å². The van der Waals surface area contributed by atoms with E-state index in [2.05, 4.69) is 36.1 Å². The van der Waals surface area contributed by atoms with Gasteiger partial charge in [-0.1, -0.05) is 0 Å². The van der Waals surface area contributed by atoms with Crippen LogP contribution < -0.4 is 5.73 Å². The molecular weight excluding hydrogens is 178 g/mol. The fraction of sp³-hybridized carbons (Fsp3) is 0.444. The third-order valence-electron chi connectivity index (χ3n) is 2.04. The van der Waals surface area contributed by atoms with Crippen molar-refractivity contribution in [1.82, 2.24) is 20.0 Å². The molecule has 0 saturated carbocycles. The third kappa shape index (κ3) is 1.21. The lowest BCUT2D eigenvalue weighted by Crippen LogP contribution is -2.23. The highest BCUT2D eigenvalue weighted by Gasteiger charge is 2.18. The first kappa shape index (κ1) is 8.93. The van der Waals surface area contributed by atoms with Crippen LogP contribution in [0.15, 0.2) is 12.4 Å². The Hall–Kier alpha value is -1.65. The number of rotatable bonds is 0. The van der Waals surface area contributed by atoms with Gasteiger partial charge in [0.2, 0.25) is 0 Å². The van der Waals surface area contributed by atoms with Crippen molar-refractivity contribution in [3.8, 4) is 0 Å². The van der Waals surface area contributed by atoms with Crippen molar-refractivity contribution in [3.05, 3.63) is 12.4 Å². The summed E-state index contributed by atoms with van der Waals surface area (Å²) >= 11 is 0. The van der Waals surface area contributed by atoms with Crippen molar-refractivity contribution >= 4 is 16.7 Å². The average molecular weight is 191 g/mol. The molecule has 0 aromatic carbocycles. The highest BCUT2D eigenvalue weighted by Crippen LogP contribution is 2.22. The van der Waals surface area contributed by atoms with Gasteiger partial charge in [0.1, 0.15) is 0 Å². The molecule has 0 bridgehead atoms. The second-order valence-electron chi connectivity index (χ2n) is 4.26. The van der Waals surface area contributed by atoms with Gasteiger partial charge in [0.05, 0.1) is 29.0 Å². The molecule has 0 amide bonds. The SMILES string of the molecule is CC(C)(C)n1ncc2c(N)cnnc21. The van der Waals surface area contributed by atoms with E-state index in [0.717, 1.165) is 11.0 Å². The summed E-state index contributed by atoms with van der Waals surface area (Å²) in [4.78, 5) is 0. The molecule has 0 radical (unpaired) electrons. The zero-order valence-electron chi connectivity index (χ0n) is 8.52. The van der Waals surface area contributed by atoms with Gasteiger partial charge in [-0.15, -0.1) is 5.10 Å². The molecule has 0 aliphatic carbocycles. The number of fused-ring (bicyclic) bond motifs is 1. The van der Waals surface area contributed by atoms with Gasteiger partial charge in [0.25, 0.3) is 0 Å². The smallest absolute Gasteiger partial charge is 0.182 e. The van der Waals surface area contributed by atoms with E-state index >= 15 is 0 Å². The standard InChI is InChI=1S/C9H13N5/c1-9(2,3)14-8-6(4-12-14)7(10)5-11-13-8/h4-5H,1-3H3,(H2,10,13). The molecule has 2 heterocycles. The number of nitrogen functional groups attached to an aromatic ring is 1. The Kier molecular flexibility index (Phi) is 1.70. The molecule has 0 aliphatic rings.